The standard InChI is InChI=1S/C23H27N5O3S2/c1-14-19(15-9-6-5-7-10-15)26-17-12-8-11-16(17)20(14)27-22(29)28-33(31,24-4)18-13-25-21(32-18)23(2,3)30/h5-7,9-10,13,30H,8,11-12H2,1-4H3,(H2,24,26,27,28,29,31). The van der Waals surface area contributed by atoms with Crippen LogP contribution in [-0.4, -0.2) is 32.4 Å². The molecule has 0 bridgehead atoms. The smallest absolute Gasteiger partial charge is 0.354 e. The van der Waals surface area contributed by atoms with Crippen LogP contribution in [-0.2, 0) is 28.4 Å². The van der Waals surface area contributed by atoms with Crippen LogP contribution in [0, 0.1) is 6.92 Å². The lowest BCUT2D eigenvalue weighted by Crippen LogP contribution is -2.22. The predicted molar refractivity (Wildman–Crippen MR) is 131 cm³/mol. The van der Waals surface area contributed by atoms with Crippen LogP contribution in [0.25, 0.3) is 11.3 Å². The van der Waals surface area contributed by atoms with E-state index >= 15 is 0 Å². The Morgan fingerprint density at radius 3 is 2.61 bits per heavy atom. The van der Waals surface area contributed by atoms with Gasteiger partial charge < -0.3 is 10.4 Å². The predicted octanol–water partition coefficient (Wildman–Crippen LogP) is 4.42. The van der Waals surface area contributed by atoms with Gasteiger partial charge in [-0.2, -0.15) is 0 Å². The highest BCUT2D eigenvalue weighted by Crippen LogP contribution is 2.36. The summed E-state index contributed by atoms with van der Waals surface area (Å²) in [5.74, 6) is 0. The number of anilines is 1. The number of hydrogen-bond acceptors (Lipinski definition) is 6. The minimum atomic E-state index is -3.26. The maximum Gasteiger partial charge on any atom is 0.354 e. The molecule has 2 aromatic heterocycles. The molecular formula is C23H27N5O3S2. The van der Waals surface area contributed by atoms with Gasteiger partial charge in [-0.1, -0.05) is 30.3 Å². The second-order valence-corrected chi connectivity index (χ2v) is 11.8. The number of aliphatic hydroxyl groups is 1. The molecule has 3 N–H and O–H groups in total. The first-order valence-corrected chi connectivity index (χ1v) is 13.0. The van der Waals surface area contributed by atoms with Crippen LogP contribution in [0.4, 0.5) is 10.5 Å². The Morgan fingerprint density at radius 2 is 1.97 bits per heavy atom. The molecule has 0 radical (unpaired) electrons. The number of benzene rings is 1. The molecule has 0 saturated carbocycles. The monoisotopic (exact) mass is 485 g/mol. The number of thiazole rings is 1. The molecule has 3 aromatic rings. The van der Waals surface area contributed by atoms with E-state index in [0.717, 1.165) is 58.7 Å². The molecule has 10 heteroatoms. The van der Waals surface area contributed by atoms with Crippen LogP contribution in [0.2, 0.25) is 0 Å². The van der Waals surface area contributed by atoms with Crippen molar-refractivity contribution in [1.82, 2.24) is 14.7 Å². The summed E-state index contributed by atoms with van der Waals surface area (Å²) in [6, 6.07) is 9.13. The second kappa shape index (κ2) is 8.94. The Hall–Kier alpha value is -2.66. The van der Waals surface area contributed by atoms with Crippen LogP contribution in [0.3, 0.4) is 0 Å². The minimum absolute atomic E-state index is 0.277. The zero-order chi connectivity index (χ0) is 23.8. The molecule has 0 aliphatic heterocycles. The third kappa shape index (κ3) is 4.70. The summed E-state index contributed by atoms with van der Waals surface area (Å²) in [4.78, 5) is 22.0. The van der Waals surface area contributed by atoms with Gasteiger partial charge in [0.05, 0.1) is 17.6 Å². The van der Waals surface area contributed by atoms with E-state index in [0.29, 0.717) is 10.7 Å². The summed E-state index contributed by atoms with van der Waals surface area (Å²) in [6.07, 6.45) is 4.02. The summed E-state index contributed by atoms with van der Waals surface area (Å²) >= 11 is 1.06. The van der Waals surface area contributed by atoms with Gasteiger partial charge in [0.1, 0.15) is 14.8 Å². The van der Waals surface area contributed by atoms with E-state index in [2.05, 4.69) is 19.4 Å². The quantitative estimate of drug-likeness (QED) is 0.495. The number of amides is 2. The average molecular weight is 486 g/mol. The lowest BCUT2D eigenvalue weighted by Gasteiger charge is -2.16. The molecule has 1 atom stereocenters. The number of carbonyl (C=O) groups excluding carboxylic acids is 1. The van der Waals surface area contributed by atoms with Gasteiger partial charge in [-0.25, -0.2) is 18.7 Å². The van der Waals surface area contributed by atoms with Gasteiger partial charge >= 0.3 is 6.03 Å². The second-order valence-electron chi connectivity index (χ2n) is 8.40. The molecule has 1 aliphatic carbocycles. The molecule has 2 amide bonds. The number of pyridine rings is 1. The van der Waals surface area contributed by atoms with Crippen molar-refractivity contribution in [3.05, 3.63) is 58.4 Å². The molecule has 1 aromatic carbocycles. The number of fused-ring (bicyclic) bond motifs is 1. The van der Waals surface area contributed by atoms with Gasteiger partial charge in [-0.3, -0.25) is 4.98 Å². The average Bonchev–Trinajstić information content (AvgIpc) is 3.46. The Kier molecular flexibility index (Phi) is 6.37. The first-order valence-electron chi connectivity index (χ1n) is 10.7. The fourth-order valence-electron chi connectivity index (χ4n) is 3.84. The topological polar surface area (TPSA) is 117 Å². The van der Waals surface area contributed by atoms with Crippen molar-refractivity contribution in [1.29, 1.82) is 0 Å². The zero-order valence-corrected chi connectivity index (χ0v) is 20.6. The van der Waals surface area contributed by atoms with Crippen molar-refractivity contribution in [2.24, 2.45) is 4.36 Å². The van der Waals surface area contributed by atoms with Crippen LogP contribution >= 0.6 is 11.3 Å². The summed E-state index contributed by atoms with van der Waals surface area (Å²) in [5, 5.41) is 13.5. The Morgan fingerprint density at radius 1 is 1.24 bits per heavy atom. The van der Waals surface area contributed by atoms with Crippen LogP contribution < -0.4 is 10.0 Å². The number of hydrogen-bond donors (Lipinski definition) is 3. The molecule has 4 rings (SSSR count). The normalized spacial score (nSPS) is 15.1. The van der Waals surface area contributed by atoms with Gasteiger partial charge in [0.15, 0.2) is 9.92 Å². The third-order valence-corrected chi connectivity index (χ3v) is 9.18. The van der Waals surface area contributed by atoms with E-state index in [-0.39, 0.29) is 4.21 Å². The molecule has 8 nitrogen and oxygen atoms in total. The van der Waals surface area contributed by atoms with E-state index in [9.17, 15) is 14.1 Å². The van der Waals surface area contributed by atoms with E-state index < -0.39 is 21.5 Å². The Bertz CT molecular complexity index is 1320. The molecule has 1 aliphatic rings. The lowest BCUT2D eigenvalue weighted by atomic mass is 10.0. The third-order valence-electron chi connectivity index (χ3n) is 5.52. The van der Waals surface area contributed by atoms with E-state index in [1.807, 2.05) is 37.3 Å². The number of nitrogens with zero attached hydrogens (tertiary/aromatic N) is 3. The molecule has 0 spiro atoms. The van der Waals surface area contributed by atoms with Gasteiger partial charge in [-0.05, 0) is 58.2 Å². The largest absolute Gasteiger partial charge is 0.383 e. The summed E-state index contributed by atoms with van der Waals surface area (Å²) in [5.41, 5.74) is 4.13. The number of aryl methyl sites for hydroxylation is 1. The fraction of sp³-hybridized carbons (Fsp3) is 0.348. The highest BCUT2D eigenvalue weighted by atomic mass is 32.2. The molecule has 33 heavy (non-hydrogen) atoms. The van der Waals surface area contributed by atoms with Crippen molar-refractivity contribution in [2.45, 2.75) is 49.8 Å². The van der Waals surface area contributed by atoms with Crippen LogP contribution in [0.5, 0.6) is 0 Å². The SMILES string of the molecule is CNS(=O)(=NC(=O)Nc1c(C)c(-c2ccccc2)nc2c1CCC2)c1cnc(C(C)(C)O)s1. The summed E-state index contributed by atoms with van der Waals surface area (Å²) in [7, 11) is -1.78. The Balaban J connectivity index is 1.72. The first-order chi connectivity index (χ1) is 15.6. The van der Waals surface area contributed by atoms with Crippen LogP contribution in [0.1, 0.15) is 42.1 Å². The molecular weight excluding hydrogens is 458 g/mol. The molecule has 0 fully saturated rings. The number of urea groups is 1. The summed E-state index contributed by atoms with van der Waals surface area (Å²) in [6.45, 7) is 5.12. The maximum absolute atomic E-state index is 13.4. The number of nitrogens with one attached hydrogen (secondary N) is 2. The highest BCUT2D eigenvalue weighted by Gasteiger charge is 2.26. The molecule has 1 unspecified atom stereocenters. The van der Waals surface area contributed by atoms with E-state index in [1.54, 1.807) is 13.8 Å². The number of carbonyl (C=O) groups is 1. The van der Waals surface area contributed by atoms with Gasteiger partial charge in [0.25, 0.3) is 0 Å². The van der Waals surface area contributed by atoms with Crippen molar-refractivity contribution >= 4 is 33.0 Å². The van der Waals surface area contributed by atoms with Crippen LogP contribution in [0.15, 0.2) is 45.1 Å². The van der Waals surface area contributed by atoms with Crippen molar-refractivity contribution in [3.63, 3.8) is 0 Å². The molecule has 2 heterocycles. The van der Waals surface area contributed by atoms with Crippen molar-refractivity contribution < 1.29 is 14.1 Å². The van der Waals surface area contributed by atoms with Gasteiger partial charge in [-0.15, -0.1) is 15.7 Å². The van der Waals surface area contributed by atoms with Crippen molar-refractivity contribution in [2.75, 3.05) is 12.4 Å². The van der Waals surface area contributed by atoms with Crippen molar-refractivity contribution in [3.8, 4) is 11.3 Å². The van der Waals surface area contributed by atoms with Gasteiger partial charge in [0, 0.05) is 11.3 Å². The Labute approximate surface area is 197 Å². The molecule has 174 valence electrons. The van der Waals surface area contributed by atoms with E-state index in [4.69, 9.17) is 4.98 Å². The summed E-state index contributed by atoms with van der Waals surface area (Å²) < 4.78 is 20.4. The molecule has 0 saturated heterocycles. The first kappa shape index (κ1) is 23.5. The highest BCUT2D eigenvalue weighted by molar-refractivity contribution is 7.94. The lowest BCUT2D eigenvalue weighted by molar-refractivity contribution is 0.0783. The number of rotatable bonds is 5. The van der Waals surface area contributed by atoms with Gasteiger partial charge in [0.2, 0.25) is 0 Å². The minimum Gasteiger partial charge on any atom is -0.383 e. The fourth-order valence-corrected chi connectivity index (χ4v) is 6.40. The number of aromatic nitrogens is 2. The van der Waals surface area contributed by atoms with E-state index in [1.165, 1.54) is 13.2 Å². The maximum atomic E-state index is 13.4. The zero-order valence-electron chi connectivity index (χ0n) is 19.0.